The van der Waals surface area contributed by atoms with Gasteiger partial charge in [-0.25, -0.2) is 0 Å². The van der Waals surface area contributed by atoms with Crippen molar-refractivity contribution in [3.63, 3.8) is 0 Å². The molecule has 0 aromatic heterocycles. The highest BCUT2D eigenvalue weighted by atomic mass is 16.5. The van der Waals surface area contributed by atoms with E-state index in [2.05, 4.69) is 5.32 Å². The van der Waals surface area contributed by atoms with E-state index in [1.165, 1.54) is 0 Å². The van der Waals surface area contributed by atoms with Crippen LogP contribution in [0.15, 0.2) is 30.3 Å². The van der Waals surface area contributed by atoms with Crippen LogP contribution >= 0.6 is 0 Å². The van der Waals surface area contributed by atoms with Gasteiger partial charge in [0.2, 0.25) is 0 Å². The molecule has 0 radical (unpaired) electrons. The minimum absolute atomic E-state index is 0.00671. The topological polar surface area (TPSA) is 58.6 Å². The van der Waals surface area contributed by atoms with E-state index in [-0.39, 0.29) is 18.6 Å². The average Bonchev–Trinajstić information content (AvgIpc) is 2.63. The molecule has 1 fully saturated rings. The largest absolute Gasteiger partial charge is 0.484 e. The SMILES string of the molecule is O=C(COc1ccccc1)NC1CCCCCC1O. The van der Waals surface area contributed by atoms with Gasteiger partial charge >= 0.3 is 0 Å². The Morgan fingerprint density at radius 1 is 1.21 bits per heavy atom. The van der Waals surface area contributed by atoms with E-state index in [1.54, 1.807) is 0 Å². The van der Waals surface area contributed by atoms with E-state index in [9.17, 15) is 9.90 Å². The predicted molar refractivity (Wildman–Crippen MR) is 73.0 cm³/mol. The fourth-order valence-electron chi connectivity index (χ4n) is 2.37. The number of nitrogens with one attached hydrogen (secondary N) is 1. The van der Waals surface area contributed by atoms with Gasteiger partial charge in [0, 0.05) is 0 Å². The first kappa shape index (κ1) is 13.9. The van der Waals surface area contributed by atoms with E-state index in [0.717, 1.165) is 32.1 Å². The highest BCUT2D eigenvalue weighted by molar-refractivity contribution is 5.77. The summed E-state index contributed by atoms with van der Waals surface area (Å²) >= 11 is 0. The molecular formula is C15H21NO3. The summed E-state index contributed by atoms with van der Waals surface area (Å²) in [7, 11) is 0. The van der Waals surface area contributed by atoms with Crippen molar-refractivity contribution in [3.8, 4) is 5.75 Å². The summed E-state index contributed by atoms with van der Waals surface area (Å²) in [5.74, 6) is 0.508. The molecule has 1 aliphatic carbocycles. The molecular weight excluding hydrogens is 242 g/mol. The third kappa shape index (κ3) is 4.56. The Labute approximate surface area is 113 Å². The molecule has 0 saturated heterocycles. The number of benzene rings is 1. The van der Waals surface area contributed by atoms with Crippen molar-refractivity contribution in [2.75, 3.05) is 6.61 Å². The zero-order valence-electron chi connectivity index (χ0n) is 11.0. The van der Waals surface area contributed by atoms with Crippen molar-refractivity contribution in [2.24, 2.45) is 0 Å². The molecule has 0 bridgehead atoms. The highest BCUT2D eigenvalue weighted by Crippen LogP contribution is 2.18. The summed E-state index contributed by atoms with van der Waals surface area (Å²) in [6, 6.07) is 9.12. The van der Waals surface area contributed by atoms with E-state index in [1.807, 2.05) is 30.3 Å². The lowest BCUT2D eigenvalue weighted by atomic mass is 10.1. The molecule has 1 aliphatic rings. The van der Waals surface area contributed by atoms with Gasteiger partial charge in [0.1, 0.15) is 5.75 Å². The normalized spacial score (nSPS) is 23.4. The Bertz CT molecular complexity index is 394. The molecule has 2 unspecified atom stereocenters. The van der Waals surface area contributed by atoms with Gasteiger partial charge in [-0.2, -0.15) is 0 Å². The standard InChI is InChI=1S/C15H21NO3/c17-14-10-6-2-5-9-13(14)16-15(18)11-19-12-7-3-1-4-8-12/h1,3-4,7-8,13-14,17H,2,5-6,9-11H2,(H,16,18). The third-order valence-corrected chi connectivity index (χ3v) is 3.44. The second kappa shape index (κ2) is 7.14. The fraction of sp³-hybridized carbons (Fsp3) is 0.533. The zero-order chi connectivity index (χ0) is 13.5. The van der Waals surface area contributed by atoms with Gasteiger partial charge in [-0.3, -0.25) is 4.79 Å². The summed E-state index contributed by atoms with van der Waals surface area (Å²) in [6.07, 6.45) is 4.41. The van der Waals surface area contributed by atoms with Gasteiger partial charge in [-0.1, -0.05) is 37.5 Å². The molecule has 4 nitrogen and oxygen atoms in total. The first-order valence-electron chi connectivity index (χ1n) is 6.91. The maximum Gasteiger partial charge on any atom is 0.258 e. The van der Waals surface area contributed by atoms with Crippen LogP contribution < -0.4 is 10.1 Å². The van der Waals surface area contributed by atoms with Crippen LogP contribution in [0.1, 0.15) is 32.1 Å². The quantitative estimate of drug-likeness (QED) is 0.815. The summed E-state index contributed by atoms with van der Waals surface area (Å²) < 4.78 is 5.38. The number of rotatable bonds is 4. The molecule has 2 N–H and O–H groups in total. The number of aliphatic hydroxyl groups is 1. The lowest BCUT2D eigenvalue weighted by Crippen LogP contribution is -2.44. The number of carbonyl (C=O) groups excluding carboxylic acids is 1. The van der Waals surface area contributed by atoms with Gasteiger partial charge < -0.3 is 15.2 Å². The molecule has 0 aliphatic heterocycles. The van der Waals surface area contributed by atoms with E-state index in [0.29, 0.717) is 5.75 Å². The Kier molecular flexibility index (Phi) is 5.21. The van der Waals surface area contributed by atoms with Crippen molar-refractivity contribution >= 4 is 5.91 Å². The molecule has 104 valence electrons. The maximum absolute atomic E-state index is 11.8. The second-order valence-corrected chi connectivity index (χ2v) is 4.98. The zero-order valence-corrected chi connectivity index (χ0v) is 11.0. The number of hydrogen-bond acceptors (Lipinski definition) is 3. The second-order valence-electron chi connectivity index (χ2n) is 4.98. The molecule has 4 heteroatoms. The molecule has 1 aromatic carbocycles. The minimum atomic E-state index is -0.428. The lowest BCUT2D eigenvalue weighted by Gasteiger charge is -2.21. The third-order valence-electron chi connectivity index (χ3n) is 3.44. The van der Waals surface area contributed by atoms with Crippen molar-refractivity contribution in [3.05, 3.63) is 30.3 Å². The molecule has 2 atom stereocenters. The summed E-state index contributed by atoms with van der Waals surface area (Å²) in [5.41, 5.74) is 0. The van der Waals surface area contributed by atoms with Gasteiger partial charge in [-0.05, 0) is 25.0 Å². The van der Waals surface area contributed by atoms with E-state index in [4.69, 9.17) is 4.74 Å². The highest BCUT2D eigenvalue weighted by Gasteiger charge is 2.23. The number of para-hydroxylation sites is 1. The lowest BCUT2D eigenvalue weighted by molar-refractivity contribution is -0.124. The molecule has 2 rings (SSSR count). The van der Waals surface area contributed by atoms with E-state index < -0.39 is 6.10 Å². The Balaban J connectivity index is 1.77. The maximum atomic E-state index is 11.8. The number of carbonyl (C=O) groups is 1. The minimum Gasteiger partial charge on any atom is -0.484 e. The van der Waals surface area contributed by atoms with E-state index >= 15 is 0 Å². The Hall–Kier alpha value is -1.55. The van der Waals surface area contributed by atoms with Crippen LogP contribution in [0.5, 0.6) is 5.75 Å². The van der Waals surface area contributed by atoms with Gasteiger partial charge in [0.15, 0.2) is 6.61 Å². The summed E-state index contributed by atoms with van der Waals surface area (Å²) in [5, 5.41) is 12.8. The Morgan fingerprint density at radius 3 is 2.74 bits per heavy atom. The predicted octanol–water partition coefficient (Wildman–Crippen LogP) is 1.88. The number of aliphatic hydroxyl groups excluding tert-OH is 1. The van der Waals surface area contributed by atoms with Crippen LogP contribution in [0.4, 0.5) is 0 Å². The van der Waals surface area contributed by atoms with Gasteiger partial charge in [-0.15, -0.1) is 0 Å². The van der Waals surface area contributed by atoms with Crippen molar-refractivity contribution < 1.29 is 14.6 Å². The number of ether oxygens (including phenoxy) is 1. The van der Waals surface area contributed by atoms with Crippen LogP contribution in [0, 0.1) is 0 Å². The fourth-order valence-corrected chi connectivity index (χ4v) is 2.37. The van der Waals surface area contributed by atoms with Crippen LogP contribution in [-0.2, 0) is 4.79 Å². The molecule has 0 spiro atoms. The van der Waals surface area contributed by atoms with Crippen LogP contribution in [0.2, 0.25) is 0 Å². The molecule has 19 heavy (non-hydrogen) atoms. The summed E-state index contributed by atoms with van der Waals surface area (Å²) in [4.78, 5) is 11.8. The first-order valence-corrected chi connectivity index (χ1v) is 6.91. The molecule has 1 amide bonds. The molecule has 0 heterocycles. The molecule has 1 saturated carbocycles. The first-order chi connectivity index (χ1) is 9.25. The number of amides is 1. The van der Waals surface area contributed by atoms with Gasteiger partial charge in [0.25, 0.3) is 5.91 Å². The smallest absolute Gasteiger partial charge is 0.258 e. The van der Waals surface area contributed by atoms with Crippen LogP contribution in [0.25, 0.3) is 0 Å². The average molecular weight is 263 g/mol. The summed E-state index contributed by atoms with van der Waals surface area (Å²) in [6.45, 7) is -0.00671. The van der Waals surface area contributed by atoms with Crippen molar-refractivity contribution in [1.82, 2.24) is 5.32 Å². The number of hydrogen-bond donors (Lipinski definition) is 2. The van der Waals surface area contributed by atoms with Crippen molar-refractivity contribution in [1.29, 1.82) is 0 Å². The Morgan fingerprint density at radius 2 is 1.95 bits per heavy atom. The van der Waals surface area contributed by atoms with Crippen LogP contribution in [-0.4, -0.2) is 29.8 Å². The van der Waals surface area contributed by atoms with Crippen molar-refractivity contribution in [2.45, 2.75) is 44.2 Å². The monoisotopic (exact) mass is 263 g/mol. The van der Waals surface area contributed by atoms with Crippen LogP contribution in [0.3, 0.4) is 0 Å². The molecule has 1 aromatic rings. The van der Waals surface area contributed by atoms with Gasteiger partial charge in [0.05, 0.1) is 12.1 Å².